The van der Waals surface area contributed by atoms with Gasteiger partial charge in [-0.2, -0.15) is 0 Å². The number of methoxy groups -OCH3 is 1. The average Bonchev–Trinajstić information content (AvgIpc) is 2.81. The molecule has 1 heterocycles. The van der Waals surface area contributed by atoms with Crippen LogP contribution in [-0.2, 0) is 6.42 Å². The Kier molecular flexibility index (Phi) is 4.93. The number of nitrogens with one attached hydrogen (secondary N) is 1. The van der Waals surface area contributed by atoms with Gasteiger partial charge >= 0.3 is 0 Å². The molecule has 0 radical (unpaired) electrons. The van der Waals surface area contributed by atoms with Crippen molar-refractivity contribution in [3.05, 3.63) is 50.4 Å². The fourth-order valence-electron chi connectivity index (χ4n) is 1.84. The third kappa shape index (κ3) is 3.54. The second-order valence-corrected chi connectivity index (χ2v) is 6.57. The molecule has 0 aliphatic heterocycles. The molecule has 3 nitrogen and oxygen atoms in total. The van der Waals surface area contributed by atoms with E-state index in [1.165, 1.54) is 18.1 Å². The Hall–Kier alpha value is -0.950. The maximum absolute atomic E-state index is 13.7. The quantitative estimate of drug-likeness (QED) is 0.645. The topological polar surface area (TPSA) is 47.3 Å². The Morgan fingerprint density at radius 2 is 2.21 bits per heavy atom. The van der Waals surface area contributed by atoms with Crippen molar-refractivity contribution in [2.45, 2.75) is 12.5 Å². The van der Waals surface area contributed by atoms with Crippen molar-refractivity contribution >= 4 is 27.3 Å². The van der Waals surface area contributed by atoms with Gasteiger partial charge in [-0.25, -0.2) is 4.39 Å². The van der Waals surface area contributed by atoms with Gasteiger partial charge in [0.05, 0.1) is 16.9 Å². The van der Waals surface area contributed by atoms with E-state index in [0.29, 0.717) is 6.42 Å². The number of ether oxygens (including phenoxy) is 1. The van der Waals surface area contributed by atoms with Crippen LogP contribution < -0.4 is 16.0 Å². The van der Waals surface area contributed by atoms with Gasteiger partial charge in [-0.1, -0.05) is 6.07 Å². The number of halogens is 2. The van der Waals surface area contributed by atoms with Gasteiger partial charge in [0.2, 0.25) is 0 Å². The summed E-state index contributed by atoms with van der Waals surface area (Å²) in [6.07, 6.45) is 0.707. The zero-order valence-corrected chi connectivity index (χ0v) is 12.7. The lowest BCUT2D eigenvalue weighted by Crippen LogP contribution is -2.29. The second kappa shape index (κ2) is 6.47. The van der Waals surface area contributed by atoms with E-state index >= 15 is 0 Å². The van der Waals surface area contributed by atoms with E-state index in [1.54, 1.807) is 17.4 Å². The average molecular weight is 345 g/mol. The lowest BCUT2D eigenvalue weighted by molar-refractivity contribution is 0.385. The minimum atomic E-state index is -0.382. The fraction of sp³-hybridized carbons (Fsp3) is 0.231. The monoisotopic (exact) mass is 344 g/mol. The van der Waals surface area contributed by atoms with Crippen molar-refractivity contribution in [1.29, 1.82) is 0 Å². The third-order valence-electron chi connectivity index (χ3n) is 2.81. The lowest BCUT2D eigenvalue weighted by atomic mass is 10.0. The maximum atomic E-state index is 13.7. The SMILES string of the molecule is COc1ccc(C(Cc2ccc(Br)s2)NN)cc1F. The molecule has 19 heavy (non-hydrogen) atoms. The largest absolute Gasteiger partial charge is 0.494 e. The summed E-state index contributed by atoms with van der Waals surface area (Å²) in [5.74, 6) is 5.42. The number of hydrogen-bond donors (Lipinski definition) is 2. The summed E-state index contributed by atoms with van der Waals surface area (Å²) in [5, 5.41) is 0. The van der Waals surface area contributed by atoms with Gasteiger partial charge in [0, 0.05) is 11.3 Å². The Morgan fingerprint density at radius 1 is 1.42 bits per heavy atom. The van der Waals surface area contributed by atoms with E-state index in [4.69, 9.17) is 10.6 Å². The minimum Gasteiger partial charge on any atom is -0.494 e. The number of benzene rings is 1. The van der Waals surface area contributed by atoms with E-state index in [9.17, 15) is 4.39 Å². The summed E-state index contributed by atoms with van der Waals surface area (Å²) < 4.78 is 19.7. The van der Waals surface area contributed by atoms with Crippen molar-refractivity contribution in [2.75, 3.05) is 7.11 Å². The molecule has 2 rings (SSSR count). The first-order chi connectivity index (χ1) is 9.13. The van der Waals surface area contributed by atoms with Gasteiger partial charge in [0.15, 0.2) is 11.6 Å². The van der Waals surface area contributed by atoms with Crippen LogP contribution in [0.5, 0.6) is 5.75 Å². The van der Waals surface area contributed by atoms with Gasteiger partial charge in [-0.05, 0) is 45.8 Å². The van der Waals surface area contributed by atoms with Crippen LogP contribution in [0.25, 0.3) is 0 Å². The molecule has 1 aromatic heterocycles. The highest BCUT2D eigenvalue weighted by molar-refractivity contribution is 9.11. The van der Waals surface area contributed by atoms with Crippen LogP contribution in [0.3, 0.4) is 0 Å². The van der Waals surface area contributed by atoms with Gasteiger partial charge < -0.3 is 4.74 Å². The molecular weight excluding hydrogens is 331 g/mol. The van der Waals surface area contributed by atoms with E-state index in [2.05, 4.69) is 21.4 Å². The lowest BCUT2D eigenvalue weighted by Gasteiger charge is -2.16. The Bertz CT molecular complexity index is 561. The molecule has 102 valence electrons. The highest BCUT2D eigenvalue weighted by atomic mass is 79.9. The van der Waals surface area contributed by atoms with Crippen LogP contribution in [0.15, 0.2) is 34.1 Å². The zero-order valence-electron chi connectivity index (χ0n) is 10.3. The zero-order chi connectivity index (χ0) is 13.8. The number of hydrazine groups is 1. The predicted octanol–water partition coefficient (Wildman–Crippen LogP) is 3.41. The smallest absolute Gasteiger partial charge is 0.165 e. The first-order valence-electron chi connectivity index (χ1n) is 5.68. The predicted molar refractivity (Wildman–Crippen MR) is 78.7 cm³/mol. The van der Waals surface area contributed by atoms with Gasteiger partial charge in [-0.3, -0.25) is 11.3 Å². The van der Waals surface area contributed by atoms with Crippen LogP contribution in [0.2, 0.25) is 0 Å². The summed E-state index contributed by atoms with van der Waals surface area (Å²) in [6.45, 7) is 0. The van der Waals surface area contributed by atoms with Crippen molar-refractivity contribution in [1.82, 2.24) is 5.43 Å². The van der Waals surface area contributed by atoms with Gasteiger partial charge in [0.1, 0.15) is 0 Å². The molecule has 0 aliphatic rings. The molecule has 1 aromatic carbocycles. The van der Waals surface area contributed by atoms with Gasteiger partial charge in [-0.15, -0.1) is 11.3 Å². The van der Waals surface area contributed by atoms with Crippen molar-refractivity contribution in [2.24, 2.45) is 5.84 Å². The summed E-state index contributed by atoms with van der Waals surface area (Å²) in [5.41, 5.74) is 3.52. The Morgan fingerprint density at radius 3 is 2.74 bits per heavy atom. The first-order valence-corrected chi connectivity index (χ1v) is 7.28. The highest BCUT2D eigenvalue weighted by Gasteiger charge is 2.14. The number of rotatable bonds is 5. The molecule has 0 aliphatic carbocycles. The van der Waals surface area contributed by atoms with Crippen LogP contribution in [0, 0.1) is 5.82 Å². The molecule has 3 N–H and O–H groups in total. The second-order valence-electron chi connectivity index (χ2n) is 4.02. The molecule has 1 atom stereocenters. The molecular formula is C13H14BrFN2OS. The number of thiophene rings is 1. The summed E-state index contributed by atoms with van der Waals surface area (Å²) in [6, 6.07) is 8.76. The van der Waals surface area contributed by atoms with Crippen LogP contribution in [0.1, 0.15) is 16.5 Å². The molecule has 2 aromatic rings. The normalized spacial score (nSPS) is 12.4. The fourth-order valence-corrected chi connectivity index (χ4v) is 3.36. The third-order valence-corrected chi connectivity index (χ3v) is 4.46. The highest BCUT2D eigenvalue weighted by Crippen LogP contribution is 2.28. The Balaban J connectivity index is 2.19. The van der Waals surface area contributed by atoms with E-state index in [1.807, 2.05) is 18.2 Å². The minimum absolute atomic E-state index is 0.133. The van der Waals surface area contributed by atoms with Crippen LogP contribution in [-0.4, -0.2) is 7.11 Å². The molecule has 1 unspecified atom stereocenters. The van der Waals surface area contributed by atoms with Crippen molar-refractivity contribution in [3.8, 4) is 5.75 Å². The summed E-state index contributed by atoms with van der Waals surface area (Å²) in [4.78, 5) is 1.17. The number of nitrogens with two attached hydrogens (primary N) is 1. The number of hydrogen-bond acceptors (Lipinski definition) is 4. The summed E-state index contributed by atoms with van der Waals surface area (Å²) >= 11 is 5.06. The van der Waals surface area contributed by atoms with Crippen molar-refractivity contribution in [3.63, 3.8) is 0 Å². The van der Waals surface area contributed by atoms with E-state index in [-0.39, 0.29) is 17.6 Å². The first kappa shape index (κ1) is 14.5. The molecule has 0 fully saturated rings. The van der Waals surface area contributed by atoms with E-state index in [0.717, 1.165) is 9.35 Å². The molecule has 6 heteroatoms. The summed E-state index contributed by atoms with van der Waals surface area (Å²) in [7, 11) is 1.44. The molecule has 0 bridgehead atoms. The van der Waals surface area contributed by atoms with E-state index < -0.39 is 0 Å². The standard InChI is InChI=1S/C13H14BrFN2OS/c1-18-12-4-2-8(6-10(12)15)11(17-16)7-9-3-5-13(14)19-9/h2-6,11,17H,7,16H2,1H3. The Labute approximate surface area is 123 Å². The van der Waals surface area contributed by atoms with Crippen LogP contribution in [0.4, 0.5) is 4.39 Å². The molecule has 0 saturated heterocycles. The maximum Gasteiger partial charge on any atom is 0.165 e. The van der Waals surface area contributed by atoms with Crippen molar-refractivity contribution < 1.29 is 9.13 Å². The molecule has 0 spiro atoms. The molecule has 0 saturated carbocycles. The van der Waals surface area contributed by atoms with Crippen LogP contribution >= 0.6 is 27.3 Å². The molecule has 0 amide bonds. The van der Waals surface area contributed by atoms with Gasteiger partial charge in [0.25, 0.3) is 0 Å².